The van der Waals surface area contributed by atoms with E-state index < -0.39 is 11.5 Å². The molecular formula is C17H22N2O3. The Morgan fingerprint density at radius 3 is 2.77 bits per heavy atom. The molecule has 1 heterocycles. The number of fused-ring (bicyclic) bond motifs is 1. The molecule has 1 aromatic rings. The Morgan fingerprint density at radius 2 is 2.09 bits per heavy atom. The van der Waals surface area contributed by atoms with Gasteiger partial charge in [0.1, 0.15) is 0 Å². The zero-order chi connectivity index (χ0) is 16.2. The van der Waals surface area contributed by atoms with E-state index in [-0.39, 0.29) is 5.91 Å². The minimum absolute atomic E-state index is 0.0159. The number of para-hydroxylation sites is 1. The van der Waals surface area contributed by atoms with E-state index >= 15 is 0 Å². The van der Waals surface area contributed by atoms with Gasteiger partial charge in [0.25, 0.3) is 0 Å². The van der Waals surface area contributed by atoms with Crippen LogP contribution >= 0.6 is 0 Å². The number of carbonyl (C=O) groups excluding carboxylic acids is 2. The lowest BCUT2D eigenvalue weighted by molar-refractivity contribution is -0.121. The second-order valence-corrected chi connectivity index (χ2v) is 5.74. The maximum atomic E-state index is 12.6. The Bertz CT molecular complexity index is 606. The van der Waals surface area contributed by atoms with Crippen molar-refractivity contribution in [3.05, 3.63) is 41.5 Å². The predicted molar refractivity (Wildman–Crippen MR) is 85.8 cm³/mol. The lowest BCUT2D eigenvalue weighted by atomic mass is 9.75. The van der Waals surface area contributed by atoms with Crippen LogP contribution in [0.15, 0.2) is 35.9 Å². The molecule has 118 valence electrons. The van der Waals surface area contributed by atoms with Crippen molar-refractivity contribution in [2.75, 3.05) is 19.0 Å². The van der Waals surface area contributed by atoms with E-state index in [1.165, 1.54) is 7.11 Å². The fourth-order valence-electron chi connectivity index (χ4n) is 2.76. The highest BCUT2D eigenvalue weighted by molar-refractivity contribution is 6.06. The molecule has 1 unspecified atom stereocenters. The number of amides is 2. The highest BCUT2D eigenvalue weighted by Crippen LogP contribution is 2.43. The number of anilines is 1. The second-order valence-electron chi connectivity index (χ2n) is 5.74. The van der Waals surface area contributed by atoms with E-state index in [0.717, 1.165) is 16.8 Å². The highest BCUT2D eigenvalue weighted by Gasteiger charge is 2.45. The molecule has 0 fully saturated rings. The quantitative estimate of drug-likeness (QED) is 0.822. The maximum Gasteiger partial charge on any atom is 0.406 e. The van der Waals surface area contributed by atoms with Gasteiger partial charge in [0.2, 0.25) is 5.91 Å². The van der Waals surface area contributed by atoms with Crippen LogP contribution in [0.25, 0.3) is 0 Å². The first kappa shape index (κ1) is 16.1. The summed E-state index contributed by atoms with van der Waals surface area (Å²) in [4.78, 5) is 23.9. The van der Waals surface area contributed by atoms with Crippen molar-refractivity contribution in [2.24, 2.45) is 0 Å². The molecule has 2 N–H and O–H groups in total. The lowest BCUT2D eigenvalue weighted by Crippen LogP contribution is -2.38. The average Bonchev–Trinajstić information content (AvgIpc) is 2.78. The summed E-state index contributed by atoms with van der Waals surface area (Å²) in [7, 11) is 1.33. The standard InChI is InChI=1S/C17H22N2O3/c1-12(2)8-9-17(10-11-18-16(21)22-3)13-6-4-5-7-14(13)19-15(17)20/h4-8H,9-11H2,1-3H3,(H,18,21)(H,19,20). The van der Waals surface area contributed by atoms with E-state index in [0.29, 0.717) is 19.4 Å². The molecular weight excluding hydrogens is 280 g/mol. The highest BCUT2D eigenvalue weighted by atomic mass is 16.5. The molecule has 22 heavy (non-hydrogen) atoms. The summed E-state index contributed by atoms with van der Waals surface area (Å²) in [6, 6.07) is 7.72. The summed E-state index contributed by atoms with van der Waals surface area (Å²) in [5.74, 6) is -0.0159. The minimum Gasteiger partial charge on any atom is -0.453 e. The van der Waals surface area contributed by atoms with Crippen molar-refractivity contribution < 1.29 is 14.3 Å². The molecule has 2 rings (SSSR count). The number of carbonyl (C=O) groups is 2. The molecule has 5 heteroatoms. The predicted octanol–water partition coefficient (Wildman–Crippen LogP) is 2.98. The van der Waals surface area contributed by atoms with Crippen molar-refractivity contribution >= 4 is 17.7 Å². The van der Waals surface area contributed by atoms with E-state index in [1.54, 1.807) is 0 Å². The smallest absolute Gasteiger partial charge is 0.406 e. The summed E-state index contributed by atoms with van der Waals surface area (Å²) in [5.41, 5.74) is 2.36. The molecule has 1 aliphatic rings. The van der Waals surface area contributed by atoms with Gasteiger partial charge < -0.3 is 15.4 Å². The first-order chi connectivity index (χ1) is 10.5. The zero-order valence-electron chi connectivity index (χ0n) is 13.2. The van der Waals surface area contributed by atoms with Crippen LogP contribution in [-0.4, -0.2) is 25.7 Å². The number of rotatable bonds is 5. The summed E-state index contributed by atoms with van der Waals surface area (Å²) in [6.07, 6.45) is 2.72. The summed E-state index contributed by atoms with van der Waals surface area (Å²) >= 11 is 0. The van der Waals surface area contributed by atoms with Crippen molar-refractivity contribution in [1.29, 1.82) is 0 Å². The van der Waals surface area contributed by atoms with Crippen molar-refractivity contribution in [3.8, 4) is 0 Å². The Hall–Kier alpha value is -2.30. The maximum absolute atomic E-state index is 12.6. The van der Waals surface area contributed by atoms with Crippen molar-refractivity contribution in [2.45, 2.75) is 32.1 Å². The zero-order valence-corrected chi connectivity index (χ0v) is 13.2. The van der Waals surface area contributed by atoms with E-state index in [4.69, 9.17) is 0 Å². The van der Waals surface area contributed by atoms with Gasteiger partial charge in [-0.3, -0.25) is 4.79 Å². The number of methoxy groups -OCH3 is 1. The molecule has 5 nitrogen and oxygen atoms in total. The molecule has 0 saturated carbocycles. The second kappa shape index (κ2) is 6.64. The normalized spacial score (nSPS) is 19.1. The number of alkyl carbamates (subject to hydrolysis) is 1. The van der Waals surface area contributed by atoms with Gasteiger partial charge in [0.15, 0.2) is 0 Å². The molecule has 0 spiro atoms. The van der Waals surface area contributed by atoms with Crippen LogP contribution in [0.4, 0.5) is 10.5 Å². The van der Waals surface area contributed by atoms with Crippen LogP contribution < -0.4 is 10.6 Å². The van der Waals surface area contributed by atoms with Crippen LogP contribution in [-0.2, 0) is 14.9 Å². The Balaban J connectivity index is 2.28. The van der Waals surface area contributed by atoms with E-state index in [2.05, 4.69) is 21.4 Å². The van der Waals surface area contributed by atoms with Gasteiger partial charge in [-0.05, 0) is 38.3 Å². The van der Waals surface area contributed by atoms with Gasteiger partial charge in [-0.1, -0.05) is 29.8 Å². The Morgan fingerprint density at radius 1 is 1.36 bits per heavy atom. The van der Waals surface area contributed by atoms with Crippen molar-refractivity contribution in [3.63, 3.8) is 0 Å². The lowest BCUT2D eigenvalue weighted by Gasteiger charge is -2.26. The number of benzene rings is 1. The molecule has 2 amide bonds. The molecule has 0 radical (unpaired) electrons. The van der Waals surface area contributed by atoms with Gasteiger partial charge in [-0.2, -0.15) is 0 Å². The Labute approximate surface area is 130 Å². The third-order valence-electron chi connectivity index (χ3n) is 3.99. The molecule has 0 aromatic heterocycles. The molecule has 0 saturated heterocycles. The van der Waals surface area contributed by atoms with Gasteiger partial charge in [0.05, 0.1) is 12.5 Å². The minimum atomic E-state index is -0.644. The monoisotopic (exact) mass is 302 g/mol. The molecule has 1 atom stereocenters. The fourth-order valence-corrected chi connectivity index (χ4v) is 2.76. The summed E-state index contributed by atoms with van der Waals surface area (Å²) in [5, 5.41) is 5.61. The number of nitrogens with one attached hydrogen (secondary N) is 2. The van der Waals surface area contributed by atoms with Gasteiger partial charge in [0, 0.05) is 12.2 Å². The number of ether oxygens (including phenoxy) is 1. The van der Waals surface area contributed by atoms with Crippen LogP contribution in [0, 0.1) is 0 Å². The number of hydrogen-bond donors (Lipinski definition) is 2. The SMILES string of the molecule is COC(=O)NCCC1(CC=C(C)C)C(=O)Nc2ccccc21. The molecule has 0 bridgehead atoms. The largest absolute Gasteiger partial charge is 0.453 e. The first-order valence-corrected chi connectivity index (χ1v) is 7.36. The van der Waals surface area contributed by atoms with Crippen LogP contribution in [0.2, 0.25) is 0 Å². The van der Waals surface area contributed by atoms with Crippen LogP contribution in [0.1, 0.15) is 32.3 Å². The van der Waals surface area contributed by atoms with Gasteiger partial charge >= 0.3 is 6.09 Å². The fraction of sp³-hybridized carbons (Fsp3) is 0.412. The van der Waals surface area contributed by atoms with E-state index in [9.17, 15) is 9.59 Å². The summed E-state index contributed by atoms with van der Waals surface area (Å²) in [6.45, 7) is 4.41. The first-order valence-electron chi connectivity index (χ1n) is 7.36. The number of hydrogen-bond acceptors (Lipinski definition) is 3. The molecule has 1 aliphatic heterocycles. The topological polar surface area (TPSA) is 67.4 Å². The van der Waals surface area contributed by atoms with Gasteiger partial charge in [-0.25, -0.2) is 4.79 Å². The summed E-state index contributed by atoms with van der Waals surface area (Å²) < 4.78 is 4.58. The Kier molecular flexibility index (Phi) is 4.85. The van der Waals surface area contributed by atoms with Crippen molar-refractivity contribution in [1.82, 2.24) is 5.32 Å². The number of allylic oxidation sites excluding steroid dienone is 2. The molecule has 0 aliphatic carbocycles. The third-order valence-corrected chi connectivity index (χ3v) is 3.99. The van der Waals surface area contributed by atoms with E-state index in [1.807, 2.05) is 38.1 Å². The van der Waals surface area contributed by atoms with Crippen LogP contribution in [0.5, 0.6) is 0 Å². The third kappa shape index (κ3) is 3.13. The molecule has 1 aromatic carbocycles. The average molecular weight is 302 g/mol. The van der Waals surface area contributed by atoms with Gasteiger partial charge in [-0.15, -0.1) is 0 Å². The van der Waals surface area contributed by atoms with Crippen LogP contribution in [0.3, 0.4) is 0 Å².